The van der Waals surface area contributed by atoms with Crippen LogP contribution in [-0.4, -0.2) is 39.4 Å². The highest BCUT2D eigenvalue weighted by molar-refractivity contribution is 5.90. The van der Waals surface area contributed by atoms with Crippen LogP contribution in [0.1, 0.15) is 21.5 Å². The molecular formula is C24H25NO6. The van der Waals surface area contributed by atoms with Gasteiger partial charge < -0.3 is 23.7 Å². The number of carbonyl (C=O) groups is 1. The second-order valence-corrected chi connectivity index (χ2v) is 6.62. The first kappa shape index (κ1) is 22.0. The molecule has 3 aromatic rings. The maximum Gasteiger partial charge on any atom is 0.345 e. The van der Waals surface area contributed by atoms with Crippen molar-refractivity contribution >= 4 is 5.97 Å². The van der Waals surface area contributed by atoms with E-state index >= 15 is 0 Å². The first-order chi connectivity index (χ1) is 15.1. The van der Waals surface area contributed by atoms with E-state index in [-0.39, 0.29) is 0 Å². The fourth-order valence-corrected chi connectivity index (χ4v) is 3.26. The lowest BCUT2D eigenvalue weighted by atomic mass is 10.0. The lowest BCUT2D eigenvalue weighted by Gasteiger charge is -2.18. The second-order valence-electron chi connectivity index (χ2n) is 6.62. The Morgan fingerprint density at radius 3 is 2.16 bits per heavy atom. The zero-order valence-electron chi connectivity index (χ0n) is 18.0. The summed E-state index contributed by atoms with van der Waals surface area (Å²) in [5, 5.41) is 0. The van der Waals surface area contributed by atoms with Gasteiger partial charge in [0.2, 0.25) is 11.5 Å². The van der Waals surface area contributed by atoms with Crippen molar-refractivity contribution < 1.29 is 28.5 Å². The van der Waals surface area contributed by atoms with E-state index in [1.165, 1.54) is 6.20 Å². The molecule has 1 aromatic heterocycles. The van der Waals surface area contributed by atoms with Gasteiger partial charge in [-0.05, 0) is 42.7 Å². The van der Waals surface area contributed by atoms with Crippen molar-refractivity contribution in [2.45, 2.75) is 12.8 Å². The Hall–Kier alpha value is -3.74. The first-order valence-electron chi connectivity index (χ1n) is 9.68. The van der Waals surface area contributed by atoms with Crippen molar-refractivity contribution in [2.24, 2.45) is 0 Å². The van der Waals surface area contributed by atoms with Gasteiger partial charge in [0.25, 0.3) is 0 Å². The molecule has 0 saturated heterocycles. The molecule has 31 heavy (non-hydrogen) atoms. The smallest absolute Gasteiger partial charge is 0.345 e. The minimum atomic E-state index is -0.453. The zero-order chi connectivity index (χ0) is 22.2. The van der Waals surface area contributed by atoms with Gasteiger partial charge in [-0.1, -0.05) is 18.2 Å². The average Bonchev–Trinajstić information content (AvgIpc) is 2.82. The molecule has 7 heteroatoms. The van der Waals surface area contributed by atoms with Crippen molar-refractivity contribution in [3.8, 4) is 28.7 Å². The number of aryl methyl sites for hydroxylation is 2. The van der Waals surface area contributed by atoms with Crippen LogP contribution in [0, 0.1) is 0 Å². The molecule has 0 aliphatic carbocycles. The standard InChI is InChI=1S/C24H25NO6/c1-27-20-13-17(21(28-2)23(30-4)22(20)29-3)11-10-16-12-18(15-25-14-16)24(26)31-19-8-6-5-7-9-19/h5-9,12-15H,10-11H2,1-4H3. The van der Waals surface area contributed by atoms with Gasteiger partial charge in [-0.25, -0.2) is 4.79 Å². The third-order valence-corrected chi connectivity index (χ3v) is 4.73. The van der Waals surface area contributed by atoms with E-state index in [1.54, 1.807) is 52.8 Å². The van der Waals surface area contributed by atoms with Gasteiger partial charge in [-0.2, -0.15) is 0 Å². The molecule has 0 spiro atoms. The molecular weight excluding hydrogens is 398 g/mol. The Labute approximate surface area is 181 Å². The van der Waals surface area contributed by atoms with Crippen LogP contribution >= 0.6 is 0 Å². The fourth-order valence-electron chi connectivity index (χ4n) is 3.26. The number of aromatic nitrogens is 1. The quantitative estimate of drug-likeness (QED) is 0.378. The molecule has 0 saturated carbocycles. The number of nitrogens with zero attached hydrogens (tertiary/aromatic N) is 1. The van der Waals surface area contributed by atoms with Crippen LogP contribution in [0.4, 0.5) is 0 Å². The number of ether oxygens (including phenoxy) is 5. The molecule has 162 valence electrons. The van der Waals surface area contributed by atoms with E-state index in [2.05, 4.69) is 4.98 Å². The maximum atomic E-state index is 12.4. The summed E-state index contributed by atoms with van der Waals surface area (Å²) in [5.74, 6) is 2.10. The van der Waals surface area contributed by atoms with Crippen LogP contribution in [0.2, 0.25) is 0 Å². The van der Waals surface area contributed by atoms with Crippen molar-refractivity contribution in [3.63, 3.8) is 0 Å². The van der Waals surface area contributed by atoms with E-state index in [1.807, 2.05) is 24.3 Å². The SMILES string of the molecule is COc1cc(CCc2cncc(C(=O)Oc3ccccc3)c2)c(OC)c(OC)c1OC. The molecule has 0 aliphatic rings. The molecule has 0 unspecified atom stereocenters. The van der Waals surface area contributed by atoms with Gasteiger partial charge in [0, 0.05) is 18.0 Å². The molecule has 0 N–H and O–H groups in total. The normalized spacial score (nSPS) is 10.3. The number of pyridine rings is 1. The zero-order valence-corrected chi connectivity index (χ0v) is 18.0. The van der Waals surface area contributed by atoms with Crippen LogP contribution in [0.25, 0.3) is 0 Å². The van der Waals surface area contributed by atoms with Crippen molar-refractivity contribution in [1.29, 1.82) is 0 Å². The Morgan fingerprint density at radius 1 is 0.806 bits per heavy atom. The molecule has 0 bridgehead atoms. The summed E-state index contributed by atoms with van der Waals surface area (Å²) in [6.07, 6.45) is 4.45. The predicted molar refractivity (Wildman–Crippen MR) is 116 cm³/mol. The van der Waals surface area contributed by atoms with Crippen LogP contribution in [-0.2, 0) is 12.8 Å². The number of benzene rings is 2. The number of hydrogen-bond acceptors (Lipinski definition) is 7. The molecule has 2 aromatic carbocycles. The summed E-state index contributed by atoms with van der Waals surface area (Å²) in [6, 6.07) is 12.6. The van der Waals surface area contributed by atoms with E-state index in [0.29, 0.717) is 47.2 Å². The topological polar surface area (TPSA) is 76.1 Å². The van der Waals surface area contributed by atoms with E-state index in [4.69, 9.17) is 23.7 Å². The van der Waals surface area contributed by atoms with Gasteiger partial charge in [-0.15, -0.1) is 0 Å². The highest BCUT2D eigenvalue weighted by Gasteiger charge is 2.21. The Morgan fingerprint density at radius 2 is 1.52 bits per heavy atom. The van der Waals surface area contributed by atoms with Crippen LogP contribution in [0.5, 0.6) is 28.7 Å². The molecule has 1 heterocycles. The summed E-state index contributed by atoms with van der Waals surface area (Å²) < 4.78 is 27.3. The molecule has 0 atom stereocenters. The van der Waals surface area contributed by atoms with Gasteiger partial charge in [-0.3, -0.25) is 4.98 Å². The van der Waals surface area contributed by atoms with Gasteiger partial charge in [0.1, 0.15) is 5.75 Å². The summed E-state index contributed by atoms with van der Waals surface area (Å²) >= 11 is 0. The Kier molecular flexibility index (Phi) is 7.32. The van der Waals surface area contributed by atoms with Crippen LogP contribution < -0.4 is 23.7 Å². The number of rotatable bonds is 9. The largest absolute Gasteiger partial charge is 0.493 e. The highest BCUT2D eigenvalue weighted by Crippen LogP contribution is 2.46. The number of para-hydroxylation sites is 1. The minimum Gasteiger partial charge on any atom is -0.493 e. The number of esters is 1. The van der Waals surface area contributed by atoms with Crippen molar-refractivity contribution in [3.05, 3.63) is 71.5 Å². The lowest BCUT2D eigenvalue weighted by molar-refractivity contribution is 0.0734. The maximum absolute atomic E-state index is 12.4. The Bertz CT molecular complexity index is 1040. The second kappa shape index (κ2) is 10.3. The van der Waals surface area contributed by atoms with E-state index < -0.39 is 5.97 Å². The molecule has 0 amide bonds. The summed E-state index contributed by atoms with van der Waals surface area (Å²) in [6.45, 7) is 0. The fraction of sp³-hybridized carbons (Fsp3) is 0.250. The lowest BCUT2D eigenvalue weighted by Crippen LogP contribution is -2.09. The van der Waals surface area contributed by atoms with Crippen LogP contribution in [0.15, 0.2) is 54.9 Å². The van der Waals surface area contributed by atoms with Crippen LogP contribution in [0.3, 0.4) is 0 Å². The molecule has 7 nitrogen and oxygen atoms in total. The van der Waals surface area contributed by atoms with Gasteiger partial charge in [0.05, 0.1) is 34.0 Å². The highest BCUT2D eigenvalue weighted by atomic mass is 16.5. The third-order valence-electron chi connectivity index (χ3n) is 4.73. The van der Waals surface area contributed by atoms with Crippen molar-refractivity contribution in [2.75, 3.05) is 28.4 Å². The average molecular weight is 423 g/mol. The van der Waals surface area contributed by atoms with E-state index in [9.17, 15) is 4.79 Å². The predicted octanol–water partition coefficient (Wildman–Crippen LogP) is 4.12. The number of methoxy groups -OCH3 is 4. The summed E-state index contributed by atoms with van der Waals surface area (Å²) in [4.78, 5) is 16.6. The number of hydrogen-bond donors (Lipinski definition) is 0. The van der Waals surface area contributed by atoms with Gasteiger partial charge in [0.15, 0.2) is 11.5 Å². The molecule has 0 aliphatic heterocycles. The third kappa shape index (κ3) is 5.06. The summed E-state index contributed by atoms with van der Waals surface area (Å²) in [7, 11) is 6.24. The summed E-state index contributed by atoms with van der Waals surface area (Å²) in [5.41, 5.74) is 2.16. The van der Waals surface area contributed by atoms with Gasteiger partial charge >= 0.3 is 5.97 Å². The number of carbonyl (C=O) groups excluding carboxylic acids is 1. The minimum absolute atomic E-state index is 0.387. The monoisotopic (exact) mass is 423 g/mol. The first-order valence-corrected chi connectivity index (χ1v) is 9.68. The molecule has 0 radical (unpaired) electrons. The molecule has 3 rings (SSSR count). The Balaban J connectivity index is 1.80. The van der Waals surface area contributed by atoms with Crippen molar-refractivity contribution in [1.82, 2.24) is 4.98 Å². The molecule has 0 fully saturated rings. The van der Waals surface area contributed by atoms with E-state index in [0.717, 1.165) is 11.1 Å².